The Labute approximate surface area is 185 Å². The van der Waals surface area contributed by atoms with Gasteiger partial charge in [-0.15, -0.1) is 5.10 Å². The first-order valence-corrected chi connectivity index (χ1v) is 11.3. The summed E-state index contributed by atoms with van der Waals surface area (Å²) in [7, 11) is 0. The second-order valence-corrected chi connectivity index (χ2v) is 9.08. The number of halogens is 1. The number of anilines is 1. The number of hydrogen-bond acceptors (Lipinski definition) is 8. The monoisotopic (exact) mass is 441 g/mol. The molecule has 0 amide bonds. The van der Waals surface area contributed by atoms with E-state index in [9.17, 15) is 4.39 Å². The Kier molecular flexibility index (Phi) is 5.75. The van der Waals surface area contributed by atoms with E-state index < -0.39 is 5.82 Å². The quantitative estimate of drug-likeness (QED) is 0.523. The highest BCUT2D eigenvalue weighted by Crippen LogP contribution is 2.50. The van der Waals surface area contributed by atoms with Crippen molar-refractivity contribution in [2.24, 2.45) is 17.8 Å². The molecule has 9 nitrogen and oxygen atoms in total. The van der Waals surface area contributed by atoms with Gasteiger partial charge in [0.15, 0.2) is 17.4 Å². The number of benzene rings is 1. The molecule has 0 bridgehead atoms. The fourth-order valence-corrected chi connectivity index (χ4v) is 4.64. The van der Waals surface area contributed by atoms with Gasteiger partial charge in [0.25, 0.3) is 0 Å². The molecule has 0 unspecified atom stereocenters. The molecule has 1 aromatic carbocycles. The number of ether oxygens (including phenoxy) is 1. The maximum absolute atomic E-state index is 14.3. The molecule has 32 heavy (non-hydrogen) atoms. The zero-order chi connectivity index (χ0) is 22.1. The third kappa shape index (κ3) is 4.44. The van der Waals surface area contributed by atoms with E-state index in [0.717, 1.165) is 50.0 Å². The zero-order valence-electron chi connectivity index (χ0n) is 18.4. The largest absolute Gasteiger partial charge is 0.491 e. The molecule has 1 aliphatic carbocycles. The van der Waals surface area contributed by atoms with Crippen LogP contribution in [0.3, 0.4) is 0 Å². The maximum atomic E-state index is 14.3. The fraction of sp³-hybridized carbons (Fsp3) is 0.591. The summed E-state index contributed by atoms with van der Waals surface area (Å²) in [6.45, 7) is 6.59. The van der Waals surface area contributed by atoms with Crippen molar-refractivity contribution in [3.8, 4) is 11.4 Å². The molecule has 2 atom stereocenters. The molecule has 170 valence electrons. The van der Waals surface area contributed by atoms with Crippen molar-refractivity contribution in [2.45, 2.75) is 45.4 Å². The Morgan fingerprint density at radius 1 is 1.25 bits per heavy atom. The fourth-order valence-electron chi connectivity index (χ4n) is 4.64. The van der Waals surface area contributed by atoms with Gasteiger partial charge in [-0.25, -0.2) is 9.07 Å². The summed E-state index contributed by atoms with van der Waals surface area (Å²) in [5, 5.41) is 15.0. The van der Waals surface area contributed by atoms with Gasteiger partial charge >= 0.3 is 6.01 Å². The van der Waals surface area contributed by atoms with Gasteiger partial charge in [-0.3, -0.25) is 0 Å². The van der Waals surface area contributed by atoms with E-state index in [1.807, 2.05) is 0 Å². The van der Waals surface area contributed by atoms with Crippen LogP contribution in [0.15, 0.2) is 29.0 Å². The molecule has 10 heteroatoms. The molecule has 2 fully saturated rings. The Bertz CT molecular complexity index is 1030. The van der Waals surface area contributed by atoms with Crippen LogP contribution in [0.2, 0.25) is 0 Å². The Balaban J connectivity index is 1.05. The smallest absolute Gasteiger partial charge is 0.324 e. The van der Waals surface area contributed by atoms with Gasteiger partial charge in [0.05, 0.1) is 12.3 Å². The van der Waals surface area contributed by atoms with Gasteiger partial charge in [0.1, 0.15) is 6.33 Å². The average Bonchev–Trinajstić information content (AvgIpc) is 3.19. The van der Waals surface area contributed by atoms with Gasteiger partial charge < -0.3 is 14.2 Å². The molecule has 0 radical (unpaired) electrons. The molecule has 0 spiro atoms. The molecule has 1 aliphatic heterocycles. The van der Waals surface area contributed by atoms with E-state index in [1.165, 1.54) is 23.5 Å². The molecule has 2 aliphatic rings. The van der Waals surface area contributed by atoms with Crippen molar-refractivity contribution < 1.29 is 13.7 Å². The first-order valence-electron chi connectivity index (χ1n) is 11.3. The molecular formula is C22H28FN7O2. The highest BCUT2D eigenvalue weighted by atomic mass is 19.1. The summed E-state index contributed by atoms with van der Waals surface area (Å²) < 4.78 is 26.9. The van der Waals surface area contributed by atoms with Crippen molar-refractivity contribution in [2.75, 3.05) is 24.6 Å². The minimum atomic E-state index is -0.403. The van der Waals surface area contributed by atoms with Crippen LogP contribution >= 0.6 is 0 Å². The summed E-state index contributed by atoms with van der Waals surface area (Å²) in [5.41, 5.74) is 0.564. The first kappa shape index (κ1) is 20.8. The summed E-state index contributed by atoms with van der Waals surface area (Å²) in [4.78, 5) is 6.73. The second-order valence-electron chi connectivity index (χ2n) is 9.08. The van der Waals surface area contributed by atoms with E-state index in [4.69, 9.17) is 9.26 Å². The highest BCUT2D eigenvalue weighted by Gasteiger charge is 2.43. The SMILES string of the molecule is CC(C)c1noc(N2CCC([C@@H]3C[C@H]3CCOc3ccc(-n4cnnn4)cc3F)CC2)n1. The van der Waals surface area contributed by atoms with Crippen molar-refractivity contribution in [3.63, 3.8) is 0 Å². The second kappa shape index (κ2) is 8.84. The lowest BCUT2D eigenvalue weighted by Gasteiger charge is -2.30. The summed E-state index contributed by atoms with van der Waals surface area (Å²) >= 11 is 0. The number of aromatic nitrogens is 6. The van der Waals surface area contributed by atoms with Crippen molar-refractivity contribution >= 4 is 6.01 Å². The number of nitrogens with zero attached hydrogens (tertiary/aromatic N) is 7. The molecule has 3 aromatic rings. The predicted molar refractivity (Wildman–Crippen MR) is 114 cm³/mol. The third-order valence-electron chi connectivity index (χ3n) is 6.62. The van der Waals surface area contributed by atoms with Crippen LogP contribution in [0.5, 0.6) is 5.75 Å². The van der Waals surface area contributed by atoms with Gasteiger partial charge in [0, 0.05) is 25.1 Å². The Morgan fingerprint density at radius 2 is 2.09 bits per heavy atom. The van der Waals surface area contributed by atoms with Crippen molar-refractivity contribution in [1.82, 2.24) is 30.3 Å². The van der Waals surface area contributed by atoms with Crippen LogP contribution < -0.4 is 9.64 Å². The third-order valence-corrected chi connectivity index (χ3v) is 6.62. The van der Waals surface area contributed by atoms with Crippen molar-refractivity contribution in [1.29, 1.82) is 0 Å². The number of piperidine rings is 1. The molecule has 1 saturated heterocycles. The number of rotatable bonds is 8. The summed E-state index contributed by atoms with van der Waals surface area (Å²) in [6, 6.07) is 5.42. The van der Waals surface area contributed by atoms with Crippen LogP contribution in [0.1, 0.15) is 51.3 Å². The average molecular weight is 442 g/mol. The maximum Gasteiger partial charge on any atom is 0.324 e. The summed E-state index contributed by atoms with van der Waals surface area (Å²) in [5.74, 6) is 3.07. The van der Waals surface area contributed by atoms with E-state index in [2.05, 4.69) is 44.4 Å². The molecule has 1 saturated carbocycles. The Hall–Kier alpha value is -3.04. The molecule has 0 N–H and O–H groups in total. The molecule has 3 heterocycles. The van der Waals surface area contributed by atoms with E-state index >= 15 is 0 Å². The van der Waals surface area contributed by atoms with Crippen LogP contribution in [0.4, 0.5) is 10.4 Å². The first-order chi connectivity index (χ1) is 15.6. The van der Waals surface area contributed by atoms with E-state index in [-0.39, 0.29) is 11.7 Å². The topological polar surface area (TPSA) is 95.0 Å². The normalized spacial score (nSPS) is 21.3. The standard InChI is InChI=1S/C22H28FN7O2/c1-14(2)21-25-22(32-26-21)29-8-5-15(6-9-29)18-11-16(18)7-10-31-20-4-3-17(12-19(20)23)30-13-24-27-28-30/h3-4,12-16,18H,5-11H2,1-2H3/t16-,18+/m1/s1. The molecule has 5 rings (SSSR count). The molecule has 2 aromatic heterocycles. The lowest BCUT2D eigenvalue weighted by Crippen LogP contribution is -2.34. The molecular weight excluding hydrogens is 413 g/mol. The van der Waals surface area contributed by atoms with E-state index in [1.54, 1.807) is 12.1 Å². The van der Waals surface area contributed by atoms with Crippen LogP contribution in [-0.4, -0.2) is 50.0 Å². The van der Waals surface area contributed by atoms with Gasteiger partial charge in [-0.05, 0) is 66.0 Å². The summed E-state index contributed by atoms with van der Waals surface area (Å²) in [6.07, 6.45) is 5.93. The van der Waals surface area contributed by atoms with Crippen molar-refractivity contribution in [3.05, 3.63) is 36.2 Å². The van der Waals surface area contributed by atoms with Gasteiger partial charge in [-0.1, -0.05) is 19.0 Å². The minimum Gasteiger partial charge on any atom is -0.491 e. The Morgan fingerprint density at radius 3 is 2.78 bits per heavy atom. The number of tetrazole rings is 1. The van der Waals surface area contributed by atoms with Gasteiger partial charge in [-0.2, -0.15) is 4.98 Å². The predicted octanol–water partition coefficient (Wildman–Crippen LogP) is 3.63. The highest BCUT2D eigenvalue weighted by molar-refractivity contribution is 5.37. The number of hydrogen-bond donors (Lipinski definition) is 0. The lowest BCUT2D eigenvalue weighted by molar-refractivity contribution is 0.272. The van der Waals surface area contributed by atoms with Crippen LogP contribution in [-0.2, 0) is 0 Å². The van der Waals surface area contributed by atoms with E-state index in [0.29, 0.717) is 24.2 Å². The minimum absolute atomic E-state index is 0.271. The van der Waals surface area contributed by atoms with Gasteiger partial charge in [0.2, 0.25) is 0 Å². The lowest BCUT2D eigenvalue weighted by atomic mass is 9.90. The zero-order valence-corrected chi connectivity index (χ0v) is 18.4. The van der Waals surface area contributed by atoms with Crippen LogP contribution in [0.25, 0.3) is 5.69 Å². The van der Waals surface area contributed by atoms with Crippen LogP contribution in [0, 0.1) is 23.6 Å².